The van der Waals surface area contributed by atoms with Crippen LogP contribution >= 0.6 is 0 Å². The van der Waals surface area contributed by atoms with Gasteiger partial charge in [-0.3, -0.25) is 0 Å². The highest BCUT2D eigenvalue weighted by atomic mass is 16.5. The summed E-state index contributed by atoms with van der Waals surface area (Å²) in [7, 11) is 1.69. The minimum Gasteiger partial charge on any atom is -0.496 e. The fourth-order valence-electron chi connectivity index (χ4n) is 3.22. The molecule has 2 atom stereocenters. The Morgan fingerprint density at radius 3 is 2.85 bits per heavy atom. The van der Waals surface area contributed by atoms with Gasteiger partial charge >= 0.3 is 0 Å². The number of rotatable bonds is 4. The van der Waals surface area contributed by atoms with E-state index in [2.05, 4.69) is 26.0 Å². The van der Waals surface area contributed by atoms with Gasteiger partial charge in [-0.15, -0.1) is 0 Å². The van der Waals surface area contributed by atoms with E-state index in [9.17, 15) is 5.26 Å². The molecule has 0 unspecified atom stereocenters. The second kappa shape index (κ2) is 6.28. The predicted octanol–water partition coefficient (Wildman–Crippen LogP) is 3.90. The molecule has 1 saturated heterocycles. The summed E-state index contributed by atoms with van der Waals surface area (Å²) in [4.78, 5) is 0. The van der Waals surface area contributed by atoms with Crippen molar-refractivity contribution >= 4 is 0 Å². The van der Waals surface area contributed by atoms with Gasteiger partial charge in [0.2, 0.25) is 0 Å². The highest BCUT2D eigenvalue weighted by Crippen LogP contribution is 2.42. The van der Waals surface area contributed by atoms with Gasteiger partial charge in [0.15, 0.2) is 0 Å². The maximum absolute atomic E-state index is 9.20. The summed E-state index contributed by atoms with van der Waals surface area (Å²) in [5.41, 5.74) is 1.05. The van der Waals surface area contributed by atoms with E-state index in [4.69, 9.17) is 9.47 Å². The molecule has 1 aliphatic rings. The summed E-state index contributed by atoms with van der Waals surface area (Å²) in [6.45, 7) is 5.03. The number of benzene rings is 1. The maximum atomic E-state index is 9.20. The molecule has 0 aliphatic carbocycles. The summed E-state index contributed by atoms with van der Waals surface area (Å²) in [6, 6.07) is 10.4. The number of hydrogen-bond acceptors (Lipinski definition) is 3. The van der Waals surface area contributed by atoms with E-state index in [-0.39, 0.29) is 11.5 Å². The fourth-order valence-corrected chi connectivity index (χ4v) is 3.22. The smallest absolute Gasteiger partial charge is 0.122 e. The number of nitrogens with zero attached hydrogens (tertiary/aromatic N) is 1. The van der Waals surface area contributed by atoms with Crippen molar-refractivity contribution in [2.75, 3.05) is 13.7 Å². The Bertz CT molecular complexity index is 490. The number of methoxy groups -OCH3 is 1. The van der Waals surface area contributed by atoms with Gasteiger partial charge in [-0.05, 0) is 44.2 Å². The zero-order chi connectivity index (χ0) is 14.6. The van der Waals surface area contributed by atoms with E-state index in [0.717, 1.165) is 30.8 Å². The molecule has 2 rings (SSSR count). The number of para-hydroxylation sites is 1. The molecule has 1 fully saturated rings. The molecule has 1 heterocycles. The fraction of sp³-hybridized carbons (Fsp3) is 0.588. The molecule has 0 aromatic heterocycles. The third-order valence-electron chi connectivity index (χ3n) is 4.15. The van der Waals surface area contributed by atoms with Crippen molar-refractivity contribution in [3.63, 3.8) is 0 Å². The molecule has 0 saturated carbocycles. The zero-order valence-corrected chi connectivity index (χ0v) is 12.6. The molecule has 1 aliphatic heterocycles. The van der Waals surface area contributed by atoms with E-state index in [1.807, 2.05) is 18.2 Å². The second-order valence-corrected chi connectivity index (χ2v) is 6.07. The minimum atomic E-state index is -0.0986. The van der Waals surface area contributed by atoms with Gasteiger partial charge < -0.3 is 9.47 Å². The first-order valence-electron chi connectivity index (χ1n) is 7.21. The molecule has 0 amide bonds. The van der Waals surface area contributed by atoms with E-state index in [0.29, 0.717) is 12.3 Å². The van der Waals surface area contributed by atoms with Crippen LogP contribution in [-0.2, 0) is 4.74 Å². The SMILES string of the molecule is COc1ccccc1[C@@H](CC#N)[C@H]1CCOC(C)(C)C1. The first kappa shape index (κ1) is 14.9. The highest BCUT2D eigenvalue weighted by Gasteiger charge is 2.35. The normalized spacial score (nSPS) is 22.8. The largest absolute Gasteiger partial charge is 0.496 e. The van der Waals surface area contributed by atoms with E-state index in [1.54, 1.807) is 7.11 Å². The Labute approximate surface area is 121 Å². The Morgan fingerprint density at radius 1 is 1.45 bits per heavy atom. The van der Waals surface area contributed by atoms with Gasteiger partial charge in [-0.25, -0.2) is 0 Å². The predicted molar refractivity (Wildman–Crippen MR) is 78.7 cm³/mol. The van der Waals surface area contributed by atoms with Gasteiger partial charge in [0, 0.05) is 18.9 Å². The van der Waals surface area contributed by atoms with Crippen LogP contribution in [0.3, 0.4) is 0 Å². The Morgan fingerprint density at radius 2 is 2.20 bits per heavy atom. The van der Waals surface area contributed by atoms with Gasteiger partial charge in [-0.1, -0.05) is 18.2 Å². The second-order valence-electron chi connectivity index (χ2n) is 6.07. The van der Waals surface area contributed by atoms with Crippen LogP contribution in [0.5, 0.6) is 5.75 Å². The molecule has 0 radical (unpaired) electrons. The average molecular weight is 273 g/mol. The Balaban J connectivity index is 2.29. The topological polar surface area (TPSA) is 42.2 Å². The van der Waals surface area contributed by atoms with Gasteiger partial charge in [-0.2, -0.15) is 5.26 Å². The number of ether oxygens (including phenoxy) is 2. The lowest BCUT2D eigenvalue weighted by Gasteiger charge is -2.39. The first-order valence-corrected chi connectivity index (χ1v) is 7.21. The van der Waals surface area contributed by atoms with Crippen LogP contribution in [0.2, 0.25) is 0 Å². The summed E-state index contributed by atoms with van der Waals surface area (Å²) in [5.74, 6) is 1.58. The molecular weight excluding hydrogens is 250 g/mol. The van der Waals surface area contributed by atoms with Crippen LogP contribution in [0.1, 0.15) is 44.6 Å². The Kier molecular flexibility index (Phi) is 4.67. The first-order chi connectivity index (χ1) is 9.57. The van der Waals surface area contributed by atoms with Crippen molar-refractivity contribution in [2.24, 2.45) is 5.92 Å². The number of nitriles is 1. The molecule has 20 heavy (non-hydrogen) atoms. The average Bonchev–Trinajstić information content (AvgIpc) is 2.43. The molecule has 3 heteroatoms. The van der Waals surface area contributed by atoms with Crippen molar-refractivity contribution < 1.29 is 9.47 Å². The molecule has 1 aromatic carbocycles. The zero-order valence-electron chi connectivity index (χ0n) is 12.6. The van der Waals surface area contributed by atoms with Crippen LogP contribution in [0.15, 0.2) is 24.3 Å². The van der Waals surface area contributed by atoms with Crippen molar-refractivity contribution in [3.8, 4) is 11.8 Å². The molecule has 0 spiro atoms. The van der Waals surface area contributed by atoms with Crippen LogP contribution in [0, 0.1) is 17.2 Å². The van der Waals surface area contributed by atoms with Crippen molar-refractivity contribution in [2.45, 2.75) is 44.6 Å². The Hall–Kier alpha value is -1.53. The monoisotopic (exact) mass is 273 g/mol. The molecule has 3 nitrogen and oxygen atoms in total. The van der Waals surface area contributed by atoms with Crippen molar-refractivity contribution in [3.05, 3.63) is 29.8 Å². The van der Waals surface area contributed by atoms with Crippen LogP contribution < -0.4 is 4.74 Å². The standard InChI is InChI=1S/C17H23NO2/c1-17(2)12-13(9-11-20-17)14(8-10-18)15-6-4-5-7-16(15)19-3/h4-7,13-14H,8-9,11-12H2,1-3H3/t13-,14-/m0/s1. The van der Waals surface area contributed by atoms with E-state index < -0.39 is 0 Å². The van der Waals surface area contributed by atoms with E-state index >= 15 is 0 Å². The van der Waals surface area contributed by atoms with E-state index in [1.165, 1.54) is 0 Å². The summed E-state index contributed by atoms with van der Waals surface area (Å²) in [5, 5.41) is 9.20. The van der Waals surface area contributed by atoms with Gasteiger partial charge in [0.25, 0.3) is 0 Å². The molecule has 1 aromatic rings. The van der Waals surface area contributed by atoms with Crippen LogP contribution in [0.25, 0.3) is 0 Å². The van der Waals surface area contributed by atoms with Crippen molar-refractivity contribution in [1.82, 2.24) is 0 Å². The number of hydrogen-bond donors (Lipinski definition) is 0. The van der Waals surface area contributed by atoms with Gasteiger partial charge in [0.1, 0.15) is 5.75 Å². The van der Waals surface area contributed by atoms with Gasteiger partial charge in [0.05, 0.1) is 18.8 Å². The summed E-state index contributed by atoms with van der Waals surface area (Å²) < 4.78 is 11.3. The molecular formula is C17H23NO2. The van der Waals surface area contributed by atoms with Crippen LogP contribution in [-0.4, -0.2) is 19.3 Å². The lowest BCUT2D eigenvalue weighted by Crippen LogP contribution is -2.36. The maximum Gasteiger partial charge on any atom is 0.122 e. The minimum absolute atomic E-state index is 0.0986. The van der Waals surface area contributed by atoms with Crippen molar-refractivity contribution in [1.29, 1.82) is 5.26 Å². The lowest BCUT2D eigenvalue weighted by molar-refractivity contribution is -0.0766. The molecule has 108 valence electrons. The third-order valence-corrected chi connectivity index (χ3v) is 4.15. The molecule has 0 bridgehead atoms. The summed E-state index contributed by atoms with van der Waals surface area (Å²) >= 11 is 0. The third kappa shape index (κ3) is 3.32. The summed E-state index contributed by atoms with van der Waals surface area (Å²) in [6.07, 6.45) is 2.52. The van der Waals surface area contributed by atoms with Crippen LogP contribution in [0.4, 0.5) is 0 Å². The lowest BCUT2D eigenvalue weighted by atomic mass is 9.75. The quantitative estimate of drug-likeness (QED) is 0.835. The highest BCUT2D eigenvalue weighted by molar-refractivity contribution is 5.37. The molecule has 0 N–H and O–H groups in total.